The average Bonchev–Trinajstić information content (AvgIpc) is 2.37. The number of hydrogen-bond acceptors (Lipinski definition) is 4. The van der Waals surface area contributed by atoms with Crippen molar-refractivity contribution in [3.8, 4) is 0 Å². The first-order valence-electron chi connectivity index (χ1n) is 7.45. The summed E-state index contributed by atoms with van der Waals surface area (Å²) >= 11 is 0. The number of morpholine rings is 1. The molecule has 0 spiro atoms. The van der Waals surface area contributed by atoms with Crippen molar-refractivity contribution in [1.82, 2.24) is 13.9 Å². The van der Waals surface area contributed by atoms with E-state index in [0.717, 1.165) is 25.9 Å². The fourth-order valence-corrected chi connectivity index (χ4v) is 3.91. The lowest BCUT2D eigenvalue weighted by Crippen LogP contribution is -2.52. The minimum absolute atomic E-state index is 0.0480. The summed E-state index contributed by atoms with van der Waals surface area (Å²) in [4.78, 5) is 0. The third-order valence-electron chi connectivity index (χ3n) is 3.36. The SMILES string of the molecule is CCCNCCCN(C)S(=O)(=O)N1CC(C)OC(C)C1. The van der Waals surface area contributed by atoms with E-state index in [-0.39, 0.29) is 12.2 Å². The standard InChI is InChI=1S/C13H29N3O3S/c1-5-7-14-8-6-9-15(4)20(17,18)16-10-12(2)19-13(3)11-16/h12-14H,5-11H2,1-4H3. The Kier molecular flexibility index (Phi) is 7.39. The fourth-order valence-electron chi connectivity index (χ4n) is 2.36. The number of rotatable bonds is 8. The van der Waals surface area contributed by atoms with E-state index in [1.54, 1.807) is 7.05 Å². The molecule has 6 nitrogen and oxygen atoms in total. The monoisotopic (exact) mass is 307 g/mol. The minimum Gasteiger partial charge on any atom is -0.373 e. The smallest absolute Gasteiger partial charge is 0.281 e. The van der Waals surface area contributed by atoms with Crippen LogP contribution in [-0.2, 0) is 14.9 Å². The maximum atomic E-state index is 12.5. The Bertz CT molecular complexity index is 365. The zero-order valence-electron chi connectivity index (χ0n) is 13.1. The van der Waals surface area contributed by atoms with Crippen LogP contribution < -0.4 is 5.32 Å². The van der Waals surface area contributed by atoms with Gasteiger partial charge >= 0.3 is 0 Å². The van der Waals surface area contributed by atoms with Crippen LogP contribution in [-0.4, -0.2) is 69.0 Å². The lowest BCUT2D eigenvalue weighted by atomic mass is 10.3. The van der Waals surface area contributed by atoms with Gasteiger partial charge in [0.2, 0.25) is 0 Å². The molecule has 0 saturated carbocycles. The molecule has 1 fully saturated rings. The zero-order chi connectivity index (χ0) is 15.2. The molecular weight excluding hydrogens is 278 g/mol. The quantitative estimate of drug-likeness (QED) is 0.669. The van der Waals surface area contributed by atoms with Gasteiger partial charge in [0.25, 0.3) is 10.2 Å². The highest BCUT2D eigenvalue weighted by molar-refractivity contribution is 7.86. The van der Waals surface area contributed by atoms with E-state index in [0.29, 0.717) is 19.6 Å². The van der Waals surface area contributed by atoms with Crippen molar-refractivity contribution in [2.75, 3.05) is 39.8 Å². The molecule has 1 N–H and O–H groups in total. The highest BCUT2D eigenvalue weighted by Crippen LogP contribution is 2.16. The van der Waals surface area contributed by atoms with Crippen LogP contribution >= 0.6 is 0 Å². The van der Waals surface area contributed by atoms with Crippen LogP contribution in [0.3, 0.4) is 0 Å². The summed E-state index contributed by atoms with van der Waals surface area (Å²) in [6.45, 7) is 9.18. The summed E-state index contributed by atoms with van der Waals surface area (Å²) in [5.41, 5.74) is 0. The molecule has 2 atom stereocenters. The topological polar surface area (TPSA) is 61.9 Å². The Labute approximate surface area is 123 Å². The Hall–Kier alpha value is -0.210. The van der Waals surface area contributed by atoms with E-state index in [2.05, 4.69) is 12.2 Å². The van der Waals surface area contributed by atoms with Crippen molar-refractivity contribution in [1.29, 1.82) is 0 Å². The minimum atomic E-state index is -3.36. The van der Waals surface area contributed by atoms with Crippen molar-refractivity contribution in [2.24, 2.45) is 0 Å². The van der Waals surface area contributed by atoms with Gasteiger partial charge in [-0.25, -0.2) is 0 Å². The van der Waals surface area contributed by atoms with E-state index in [1.165, 1.54) is 8.61 Å². The molecule has 1 heterocycles. The van der Waals surface area contributed by atoms with Gasteiger partial charge in [-0.1, -0.05) is 6.92 Å². The highest BCUT2D eigenvalue weighted by Gasteiger charge is 2.33. The molecule has 0 aliphatic carbocycles. The number of nitrogens with one attached hydrogen (secondary N) is 1. The first-order valence-corrected chi connectivity index (χ1v) is 8.85. The molecule has 0 aromatic heterocycles. The summed E-state index contributed by atoms with van der Waals surface area (Å²) in [6, 6.07) is 0. The summed E-state index contributed by atoms with van der Waals surface area (Å²) < 4.78 is 33.5. The van der Waals surface area contributed by atoms with Crippen molar-refractivity contribution in [3.05, 3.63) is 0 Å². The van der Waals surface area contributed by atoms with Crippen LogP contribution in [0.25, 0.3) is 0 Å². The Morgan fingerprint density at radius 2 is 1.85 bits per heavy atom. The highest BCUT2D eigenvalue weighted by atomic mass is 32.2. The number of nitrogens with zero attached hydrogens (tertiary/aromatic N) is 2. The van der Waals surface area contributed by atoms with Gasteiger partial charge in [0.15, 0.2) is 0 Å². The molecule has 7 heteroatoms. The van der Waals surface area contributed by atoms with Gasteiger partial charge in [-0.2, -0.15) is 17.0 Å². The molecule has 1 aliphatic heterocycles. The van der Waals surface area contributed by atoms with E-state index >= 15 is 0 Å². The summed E-state index contributed by atoms with van der Waals surface area (Å²) in [5, 5.41) is 3.28. The van der Waals surface area contributed by atoms with E-state index < -0.39 is 10.2 Å². The molecule has 20 heavy (non-hydrogen) atoms. The second-order valence-corrected chi connectivity index (χ2v) is 7.54. The van der Waals surface area contributed by atoms with Crippen LogP contribution in [0.1, 0.15) is 33.6 Å². The molecule has 1 saturated heterocycles. The maximum absolute atomic E-state index is 12.5. The molecule has 0 radical (unpaired) electrons. The normalized spacial score (nSPS) is 25.2. The molecule has 1 aliphatic rings. The van der Waals surface area contributed by atoms with Gasteiger partial charge in [-0.15, -0.1) is 0 Å². The number of ether oxygens (including phenoxy) is 1. The predicted molar refractivity (Wildman–Crippen MR) is 80.9 cm³/mol. The second-order valence-electron chi connectivity index (χ2n) is 5.51. The van der Waals surface area contributed by atoms with Gasteiger partial charge in [-0.3, -0.25) is 0 Å². The molecule has 0 bridgehead atoms. The molecule has 1 rings (SSSR count). The van der Waals surface area contributed by atoms with Crippen molar-refractivity contribution in [3.63, 3.8) is 0 Å². The fraction of sp³-hybridized carbons (Fsp3) is 1.00. The van der Waals surface area contributed by atoms with E-state index in [4.69, 9.17) is 4.74 Å². The van der Waals surface area contributed by atoms with Gasteiger partial charge in [-0.05, 0) is 39.8 Å². The van der Waals surface area contributed by atoms with Crippen LogP contribution in [0, 0.1) is 0 Å². The Morgan fingerprint density at radius 1 is 1.25 bits per heavy atom. The third-order valence-corrected chi connectivity index (χ3v) is 5.28. The van der Waals surface area contributed by atoms with Gasteiger partial charge in [0.1, 0.15) is 0 Å². The maximum Gasteiger partial charge on any atom is 0.281 e. The summed E-state index contributed by atoms with van der Waals surface area (Å²) in [5.74, 6) is 0. The van der Waals surface area contributed by atoms with Crippen LogP contribution in [0.4, 0.5) is 0 Å². The van der Waals surface area contributed by atoms with Crippen LogP contribution in [0.5, 0.6) is 0 Å². The molecular formula is C13H29N3O3S. The molecule has 0 amide bonds. The van der Waals surface area contributed by atoms with E-state index in [9.17, 15) is 8.42 Å². The van der Waals surface area contributed by atoms with Crippen LogP contribution in [0.2, 0.25) is 0 Å². The van der Waals surface area contributed by atoms with Gasteiger partial charge in [0.05, 0.1) is 12.2 Å². The van der Waals surface area contributed by atoms with Crippen molar-refractivity contribution >= 4 is 10.2 Å². The van der Waals surface area contributed by atoms with Crippen LogP contribution in [0.15, 0.2) is 0 Å². The average molecular weight is 307 g/mol. The van der Waals surface area contributed by atoms with Crippen molar-refractivity contribution < 1.29 is 13.2 Å². The molecule has 0 aromatic carbocycles. The lowest BCUT2D eigenvalue weighted by Gasteiger charge is -2.36. The third kappa shape index (κ3) is 5.29. The van der Waals surface area contributed by atoms with Crippen molar-refractivity contribution in [2.45, 2.75) is 45.8 Å². The first kappa shape index (κ1) is 17.8. The van der Waals surface area contributed by atoms with E-state index in [1.807, 2.05) is 13.8 Å². The molecule has 2 unspecified atom stereocenters. The Balaban J connectivity index is 2.45. The van der Waals surface area contributed by atoms with Gasteiger partial charge < -0.3 is 10.1 Å². The summed E-state index contributed by atoms with van der Waals surface area (Å²) in [7, 11) is -1.71. The Morgan fingerprint density at radius 3 is 2.40 bits per heavy atom. The molecule has 120 valence electrons. The zero-order valence-corrected chi connectivity index (χ0v) is 13.9. The first-order chi connectivity index (χ1) is 9.37. The summed E-state index contributed by atoms with van der Waals surface area (Å²) in [6.07, 6.45) is 1.82. The molecule has 0 aromatic rings. The second kappa shape index (κ2) is 8.29. The number of hydrogen-bond donors (Lipinski definition) is 1. The lowest BCUT2D eigenvalue weighted by molar-refractivity contribution is -0.0453. The largest absolute Gasteiger partial charge is 0.373 e. The van der Waals surface area contributed by atoms with Gasteiger partial charge in [0, 0.05) is 26.7 Å². The predicted octanol–water partition coefficient (Wildman–Crippen LogP) is 0.662.